The van der Waals surface area contributed by atoms with Crippen LogP contribution >= 0.6 is 0 Å². The number of aromatic amines is 1. The number of anilines is 1. The number of hydrogen-bond donors (Lipinski definition) is 2. The summed E-state index contributed by atoms with van der Waals surface area (Å²) >= 11 is 0. The van der Waals surface area contributed by atoms with Crippen LogP contribution in [-0.4, -0.2) is 64.3 Å². The third-order valence-corrected chi connectivity index (χ3v) is 13.2. The molecule has 70 heavy (non-hydrogen) atoms. The fourth-order valence-electron chi connectivity index (χ4n) is 8.84. The van der Waals surface area contributed by atoms with E-state index in [1.807, 2.05) is 91.0 Å². The summed E-state index contributed by atoms with van der Waals surface area (Å²) in [6.07, 6.45) is -6.16. The first-order valence-electron chi connectivity index (χ1n) is 22.3. The number of nitrogens with one attached hydrogen (secondary N) is 2. The Labute approximate surface area is 401 Å². The Bertz CT molecular complexity index is 3030. The molecule has 4 atom stereocenters. The van der Waals surface area contributed by atoms with E-state index in [4.69, 9.17) is 18.4 Å². The molecule has 1 amide bonds. The van der Waals surface area contributed by atoms with Crippen LogP contribution < -0.4 is 10.9 Å². The van der Waals surface area contributed by atoms with Gasteiger partial charge in [-0.15, -0.1) is 0 Å². The van der Waals surface area contributed by atoms with Gasteiger partial charge in [0.25, 0.3) is 5.56 Å². The minimum absolute atomic E-state index is 0.183. The molecule has 0 unspecified atom stereocenters. The van der Waals surface area contributed by atoms with Crippen molar-refractivity contribution in [2.24, 2.45) is 5.92 Å². The van der Waals surface area contributed by atoms with E-state index in [9.17, 15) is 31.2 Å². The topological polar surface area (TPSA) is 164 Å². The van der Waals surface area contributed by atoms with Crippen molar-refractivity contribution in [3.63, 3.8) is 0 Å². The number of carbonyl (C=O) groups is 1. The van der Waals surface area contributed by atoms with Crippen LogP contribution in [0.2, 0.25) is 0 Å². The molecule has 8 aromatic rings. The highest BCUT2D eigenvalue weighted by Gasteiger charge is 2.58. The molecule has 0 bridgehead atoms. The van der Waals surface area contributed by atoms with Gasteiger partial charge in [-0.3, -0.25) is 28.6 Å². The van der Waals surface area contributed by atoms with Gasteiger partial charge in [-0.1, -0.05) is 196 Å². The van der Waals surface area contributed by atoms with Crippen molar-refractivity contribution in [1.82, 2.24) is 19.5 Å². The number of aromatic nitrogens is 4. The Morgan fingerprint density at radius 3 is 1.50 bits per heavy atom. The number of hydrogen-bond acceptors (Lipinski definition) is 10. The van der Waals surface area contributed by atoms with Crippen molar-refractivity contribution in [3.8, 4) is 0 Å². The lowest BCUT2D eigenvalue weighted by atomic mass is 9.79. The molecule has 0 aliphatic carbocycles. The Morgan fingerprint density at radius 1 is 0.686 bits per heavy atom. The number of H-pyrrole nitrogens is 1. The average Bonchev–Trinajstić information content (AvgIpc) is 3.95. The molecular weight excluding hydrogens is 924 g/mol. The molecule has 1 aliphatic heterocycles. The van der Waals surface area contributed by atoms with E-state index >= 15 is 0 Å². The number of fused-ring (bicyclic) bond motifs is 1. The van der Waals surface area contributed by atoms with Gasteiger partial charge < -0.3 is 14.2 Å². The first-order chi connectivity index (χ1) is 33.7. The molecular formula is C53H46F3N5O8S. The number of benzene rings is 6. The zero-order valence-corrected chi connectivity index (χ0v) is 38.5. The van der Waals surface area contributed by atoms with Crippen LogP contribution in [0, 0.1) is 5.92 Å². The minimum atomic E-state index is -6.44. The fourth-order valence-corrected chi connectivity index (χ4v) is 9.48. The third kappa shape index (κ3) is 9.05. The molecule has 0 saturated carbocycles. The average molecular weight is 970 g/mol. The van der Waals surface area contributed by atoms with Crippen LogP contribution in [0.15, 0.2) is 193 Å². The second-order valence-corrected chi connectivity index (χ2v) is 18.4. The Hall–Kier alpha value is -7.28. The lowest BCUT2D eigenvalue weighted by Crippen LogP contribution is -2.48. The Morgan fingerprint density at radius 2 is 1.10 bits per heavy atom. The van der Waals surface area contributed by atoms with Crippen molar-refractivity contribution in [2.45, 2.75) is 55.1 Å². The van der Waals surface area contributed by atoms with Gasteiger partial charge in [0, 0.05) is 5.92 Å². The number of imidazole rings is 1. The van der Waals surface area contributed by atoms with Crippen molar-refractivity contribution in [3.05, 3.63) is 232 Å². The van der Waals surface area contributed by atoms with Gasteiger partial charge in [0.2, 0.25) is 11.9 Å². The maximum atomic E-state index is 14.8. The Balaban J connectivity index is 1.29. The summed E-state index contributed by atoms with van der Waals surface area (Å²) in [5, 5.41) is 2.58. The summed E-state index contributed by atoms with van der Waals surface area (Å²) < 4.78 is 99.6. The minimum Gasteiger partial charge on any atom is -0.358 e. The normalized spacial score (nSPS) is 17.7. The fraction of sp³-hybridized carbons (Fsp3) is 0.208. The summed E-state index contributed by atoms with van der Waals surface area (Å²) in [4.78, 5) is 37.9. The molecule has 358 valence electrons. The van der Waals surface area contributed by atoms with E-state index in [1.54, 1.807) is 105 Å². The van der Waals surface area contributed by atoms with Gasteiger partial charge in [-0.25, -0.2) is 4.98 Å². The first-order valence-corrected chi connectivity index (χ1v) is 23.7. The van der Waals surface area contributed by atoms with E-state index in [0.717, 1.165) is 0 Å². The highest BCUT2D eigenvalue weighted by molar-refractivity contribution is 7.87. The standard InChI is InChI=1S/C53H46F3N5O8S/c1-35(2)47(62)59-50-58-46-43(48(63)60-50)57-34-61(46)49-45(68-52(39-27-15-6-16-28-39,40-29-17-7-18-30-40)41-31-19-8-20-32-41)44(69-70(64,65)53(54,55)56)42(67-49)33-66-51(36-21-9-3-10-22-36,37-23-11-4-12-24-37)38-25-13-5-14-26-38/h3-32,34-35,42,44-45,49H,33H2,1-2H3,(H2,58,59,60,62,63)/t42-,44-,45-,49-/m1/s1. The third-order valence-electron chi connectivity index (χ3n) is 12.1. The SMILES string of the molecule is CC(C)C(=O)Nc1nc2c(ncn2[C@@H]2O[C@H](COC(c3ccccc3)(c3ccccc3)c3ccccc3)[C@@H](OS(=O)(=O)C(F)(F)F)[C@H]2OC(c2ccccc2)(c2ccccc2)c2ccccc2)c(=O)[nH]1. The van der Waals surface area contributed by atoms with E-state index in [1.165, 1.54) is 10.9 Å². The Kier molecular flexibility index (Phi) is 13.4. The quantitative estimate of drug-likeness (QED) is 0.0542. The summed E-state index contributed by atoms with van der Waals surface area (Å²) in [5.74, 6) is -1.26. The predicted octanol–water partition coefficient (Wildman–Crippen LogP) is 9.23. The lowest BCUT2D eigenvalue weighted by molar-refractivity contribution is -0.122. The number of alkyl halides is 3. The number of nitrogens with zero attached hydrogens (tertiary/aromatic N) is 3. The molecule has 13 nitrogen and oxygen atoms in total. The second-order valence-electron chi connectivity index (χ2n) is 16.9. The number of ether oxygens (including phenoxy) is 3. The van der Waals surface area contributed by atoms with Crippen molar-refractivity contribution in [2.75, 3.05) is 11.9 Å². The number of halogens is 3. The summed E-state index contributed by atoms with van der Waals surface area (Å²) in [7, 11) is -6.44. The molecule has 17 heteroatoms. The lowest BCUT2D eigenvalue weighted by Gasteiger charge is -2.40. The largest absolute Gasteiger partial charge is 0.523 e. The van der Waals surface area contributed by atoms with Crippen LogP contribution in [0.1, 0.15) is 53.5 Å². The number of amides is 1. The molecule has 9 rings (SSSR count). The molecule has 0 radical (unpaired) electrons. The van der Waals surface area contributed by atoms with Gasteiger partial charge in [-0.2, -0.15) is 26.6 Å². The maximum absolute atomic E-state index is 14.8. The van der Waals surface area contributed by atoms with Crippen LogP contribution in [0.3, 0.4) is 0 Å². The molecule has 0 spiro atoms. The van der Waals surface area contributed by atoms with Crippen LogP contribution in [0.5, 0.6) is 0 Å². The monoisotopic (exact) mass is 969 g/mol. The van der Waals surface area contributed by atoms with Gasteiger partial charge in [-0.05, 0) is 33.4 Å². The highest BCUT2D eigenvalue weighted by atomic mass is 32.2. The molecule has 6 aromatic carbocycles. The van der Waals surface area contributed by atoms with Crippen LogP contribution in [0.4, 0.5) is 19.1 Å². The smallest absolute Gasteiger partial charge is 0.358 e. The van der Waals surface area contributed by atoms with Crippen LogP contribution in [0.25, 0.3) is 11.2 Å². The van der Waals surface area contributed by atoms with Gasteiger partial charge in [0.05, 0.1) is 12.9 Å². The molecule has 2 aromatic heterocycles. The summed E-state index contributed by atoms with van der Waals surface area (Å²) in [5.41, 5.74) is -6.89. The predicted molar refractivity (Wildman–Crippen MR) is 255 cm³/mol. The number of rotatable bonds is 16. The van der Waals surface area contributed by atoms with Crippen molar-refractivity contribution in [1.29, 1.82) is 0 Å². The number of carbonyl (C=O) groups excluding carboxylic acids is 1. The van der Waals surface area contributed by atoms with E-state index in [0.29, 0.717) is 33.4 Å². The molecule has 3 heterocycles. The molecule has 1 saturated heterocycles. The first kappa shape index (κ1) is 47.8. The van der Waals surface area contributed by atoms with E-state index in [2.05, 4.69) is 20.3 Å². The zero-order chi connectivity index (χ0) is 49.1. The van der Waals surface area contributed by atoms with Crippen LogP contribution in [-0.2, 0) is 44.5 Å². The molecule has 1 fully saturated rings. The highest BCUT2D eigenvalue weighted by Crippen LogP contribution is 2.49. The molecule has 1 aliphatic rings. The summed E-state index contributed by atoms with van der Waals surface area (Å²) in [6, 6.07) is 54.1. The van der Waals surface area contributed by atoms with E-state index in [-0.39, 0.29) is 17.1 Å². The zero-order valence-electron chi connectivity index (χ0n) is 37.6. The summed E-state index contributed by atoms with van der Waals surface area (Å²) in [6.45, 7) is 2.67. The second kappa shape index (κ2) is 19.6. The van der Waals surface area contributed by atoms with Crippen molar-refractivity contribution < 1.29 is 44.8 Å². The van der Waals surface area contributed by atoms with Gasteiger partial charge >= 0.3 is 15.6 Å². The molecule has 2 N–H and O–H groups in total. The maximum Gasteiger partial charge on any atom is 0.523 e. The van der Waals surface area contributed by atoms with Gasteiger partial charge in [0.15, 0.2) is 17.4 Å². The van der Waals surface area contributed by atoms with Crippen molar-refractivity contribution >= 4 is 33.1 Å². The van der Waals surface area contributed by atoms with Gasteiger partial charge in [0.1, 0.15) is 29.5 Å². The van der Waals surface area contributed by atoms with E-state index < -0.39 is 75.4 Å².